The molecule has 0 aliphatic heterocycles. The normalized spacial score (nSPS) is 29.8. The molecule has 1 amide bonds. The van der Waals surface area contributed by atoms with Gasteiger partial charge >= 0.3 is 5.69 Å². The average Bonchev–Trinajstić information content (AvgIpc) is 3.31. The number of Topliss-reactive ketones (excluding diaryl/α,β-unsaturated/α-hetero) is 1. The molecule has 3 aliphatic rings. The standard InChI is InChI=1S/C25H29N3O5S/c1-13-12-26-24(34-13)27-21(31)8-3-14-11-20(30)25(2)10-9-16-15-6-7-19(29)23(28(32)33)18(15)5-4-17(16)22(14)25/h6-7,12,14,16-17,22,29H,3-5,8-11H2,1-2H3,(H,26,27,31). The van der Waals surface area contributed by atoms with Crippen LogP contribution in [0.25, 0.3) is 0 Å². The van der Waals surface area contributed by atoms with Gasteiger partial charge in [0.2, 0.25) is 5.91 Å². The number of ketones is 1. The number of nitrogens with zero attached hydrogens (tertiary/aromatic N) is 2. The Morgan fingerprint density at radius 2 is 2.18 bits per heavy atom. The Hall–Kier alpha value is -2.81. The summed E-state index contributed by atoms with van der Waals surface area (Å²) in [4.78, 5) is 42.1. The van der Waals surface area contributed by atoms with Gasteiger partial charge in [-0.05, 0) is 74.3 Å². The highest BCUT2D eigenvalue weighted by Crippen LogP contribution is 2.62. The molecule has 2 saturated carbocycles. The van der Waals surface area contributed by atoms with Gasteiger partial charge in [0, 0.05) is 34.9 Å². The fourth-order valence-corrected chi connectivity index (χ4v) is 7.76. The Bertz CT molecular complexity index is 1180. The number of nitrogens with one attached hydrogen (secondary N) is 1. The average molecular weight is 484 g/mol. The SMILES string of the molecule is Cc1cnc(NC(=O)CCC2CC(=O)C3(C)CCC4c5ccc(O)c([N+](=O)[O-])c5CCC4C23)s1. The van der Waals surface area contributed by atoms with Gasteiger partial charge < -0.3 is 10.4 Å². The van der Waals surface area contributed by atoms with Gasteiger partial charge in [-0.15, -0.1) is 11.3 Å². The van der Waals surface area contributed by atoms with Crippen LogP contribution in [0, 0.1) is 40.2 Å². The van der Waals surface area contributed by atoms with Crippen LogP contribution in [0.3, 0.4) is 0 Å². The molecule has 5 atom stereocenters. The van der Waals surface area contributed by atoms with E-state index in [1.54, 1.807) is 6.20 Å². The van der Waals surface area contributed by atoms with Crippen molar-refractivity contribution in [3.8, 4) is 5.75 Å². The minimum Gasteiger partial charge on any atom is -0.502 e. The van der Waals surface area contributed by atoms with Crippen LogP contribution in [0.15, 0.2) is 18.3 Å². The van der Waals surface area contributed by atoms with Gasteiger partial charge in [0.15, 0.2) is 10.9 Å². The highest BCUT2D eigenvalue weighted by molar-refractivity contribution is 7.15. The zero-order valence-corrected chi connectivity index (χ0v) is 20.2. The van der Waals surface area contributed by atoms with E-state index >= 15 is 0 Å². The molecule has 3 aliphatic carbocycles. The van der Waals surface area contributed by atoms with E-state index in [-0.39, 0.29) is 41.0 Å². The Morgan fingerprint density at radius 1 is 1.38 bits per heavy atom. The molecule has 180 valence electrons. The highest BCUT2D eigenvalue weighted by Gasteiger charge is 2.58. The molecular formula is C25H29N3O5S. The van der Waals surface area contributed by atoms with Gasteiger partial charge in [-0.3, -0.25) is 19.7 Å². The van der Waals surface area contributed by atoms with Gasteiger partial charge in [0.1, 0.15) is 5.78 Å². The number of nitro groups is 1. The zero-order valence-electron chi connectivity index (χ0n) is 19.4. The maximum absolute atomic E-state index is 13.2. The number of aryl methyl sites for hydroxylation is 1. The predicted octanol–water partition coefficient (Wildman–Crippen LogP) is 5.14. The van der Waals surface area contributed by atoms with Crippen LogP contribution in [0.4, 0.5) is 10.8 Å². The quantitative estimate of drug-likeness (QED) is 0.449. The summed E-state index contributed by atoms with van der Waals surface area (Å²) in [7, 11) is 0. The number of fused-ring (bicyclic) bond motifs is 5. The van der Waals surface area contributed by atoms with E-state index in [0.29, 0.717) is 42.2 Å². The molecule has 0 bridgehead atoms. The van der Waals surface area contributed by atoms with Crippen LogP contribution < -0.4 is 5.32 Å². The largest absolute Gasteiger partial charge is 0.502 e. The molecule has 34 heavy (non-hydrogen) atoms. The molecule has 1 heterocycles. The molecule has 1 aromatic carbocycles. The minimum atomic E-state index is -0.480. The second kappa shape index (κ2) is 8.45. The van der Waals surface area contributed by atoms with Crippen LogP contribution in [-0.4, -0.2) is 26.7 Å². The number of phenols is 1. The summed E-state index contributed by atoms with van der Waals surface area (Å²) in [6, 6.07) is 3.28. The van der Waals surface area contributed by atoms with Crippen molar-refractivity contribution in [2.75, 3.05) is 5.32 Å². The van der Waals surface area contributed by atoms with Gasteiger partial charge in [-0.1, -0.05) is 13.0 Å². The van der Waals surface area contributed by atoms with Gasteiger partial charge in [-0.25, -0.2) is 4.98 Å². The van der Waals surface area contributed by atoms with Crippen LogP contribution in [0.5, 0.6) is 5.75 Å². The molecule has 0 radical (unpaired) electrons. The molecule has 0 saturated heterocycles. The van der Waals surface area contributed by atoms with Crippen molar-refractivity contribution >= 4 is 33.8 Å². The maximum atomic E-state index is 13.2. The first-order valence-electron chi connectivity index (χ1n) is 11.9. The first-order valence-corrected chi connectivity index (χ1v) is 12.8. The number of benzene rings is 1. The molecule has 8 nitrogen and oxygen atoms in total. The lowest BCUT2D eigenvalue weighted by atomic mass is 9.54. The second-order valence-electron chi connectivity index (χ2n) is 10.3. The lowest BCUT2D eigenvalue weighted by molar-refractivity contribution is -0.386. The van der Waals surface area contributed by atoms with Crippen LogP contribution in [-0.2, 0) is 16.0 Å². The zero-order chi connectivity index (χ0) is 24.2. The molecule has 9 heteroatoms. The third-order valence-corrected chi connectivity index (χ3v) is 9.33. The molecular weight excluding hydrogens is 454 g/mol. The fourth-order valence-electron chi connectivity index (χ4n) is 7.08. The van der Waals surface area contributed by atoms with E-state index in [2.05, 4.69) is 17.2 Å². The number of phenolic OH excluding ortho intramolecular Hbond substituents is 1. The van der Waals surface area contributed by atoms with E-state index < -0.39 is 10.3 Å². The number of amides is 1. The number of carbonyl (C=O) groups excluding carboxylic acids is 2. The first kappa shape index (κ1) is 23.0. The molecule has 0 spiro atoms. The summed E-state index contributed by atoms with van der Waals surface area (Å²) in [5.74, 6) is 0.607. The molecule has 5 rings (SSSR count). The molecule has 2 fully saturated rings. The smallest absolute Gasteiger partial charge is 0.314 e. The third-order valence-electron chi connectivity index (χ3n) is 8.50. The number of thiazole rings is 1. The van der Waals surface area contributed by atoms with E-state index in [0.717, 1.165) is 29.7 Å². The van der Waals surface area contributed by atoms with Crippen molar-refractivity contribution in [2.24, 2.45) is 23.2 Å². The van der Waals surface area contributed by atoms with Crippen LogP contribution in [0.2, 0.25) is 0 Å². The van der Waals surface area contributed by atoms with Gasteiger partial charge in [-0.2, -0.15) is 0 Å². The van der Waals surface area contributed by atoms with Crippen molar-refractivity contribution in [1.82, 2.24) is 4.98 Å². The number of anilines is 1. The topological polar surface area (TPSA) is 122 Å². The lowest BCUT2D eigenvalue weighted by Gasteiger charge is -2.49. The minimum absolute atomic E-state index is 0.0807. The monoisotopic (exact) mass is 483 g/mol. The van der Waals surface area contributed by atoms with Gasteiger partial charge in [0.25, 0.3) is 0 Å². The fraction of sp³-hybridized carbons (Fsp3) is 0.560. The van der Waals surface area contributed by atoms with Crippen LogP contribution >= 0.6 is 11.3 Å². The number of nitro benzene ring substituents is 1. The highest BCUT2D eigenvalue weighted by atomic mass is 32.1. The molecule has 2 aromatic rings. The summed E-state index contributed by atoms with van der Waals surface area (Å²) >= 11 is 1.44. The number of aromatic hydroxyl groups is 1. The summed E-state index contributed by atoms with van der Waals surface area (Å²) in [6.45, 7) is 4.03. The maximum Gasteiger partial charge on any atom is 0.314 e. The second-order valence-corrected chi connectivity index (χ2v) is 11.5. The van der Waals surface area contributed by atoms with E-state index in [1.807, 2.05) is 13.0 Å². The Labute approximate surface area is 201 Å². The Morgan fingerprint density at radius 3 is 2.88 bits per heavy atom. The number of carbonyl (C=O) groups is 2. The summed E-state index contributed by atoms with van der Waals surface area (Å²) in [5, 5.41) is 25.2. The summed E-state index contributed by atoms with van der Waals surface area (Å²) in [5.41, 5.74) is 1.04. The summed E-state index contributed by atoms with van der Waals surface area (Å²) in [6.07, 6.45) is 6.08. The van der Waals surface area contributed by atoms with Crippen molar-refractivity contribution in [3.63, 3.8) is 0 Å². The Kier molecular flexibility index (Phi) is 5.70. The van der Waals surface area contributed by atoms with Crippen LogP contribution in [0.1, 0.15) is 67.4 Å². The number of hydrogen-bond donors (Lipinski definition) is 2. The van der Waals surface area contributed by atoms with E-state index in [1.165, 1.54) is 17.4 Å². The van der Waals surface area contributed by atoms with E-state index in [4.69, 9.17) is 0 Å². The molecule has 1 aromatic heterocycles. The van der Waals surface area contributed by atoms with Crippen molar-refractivity contribution in [3.05, 3.63) is 44.4 Å². The lowest BCUT2D eigenvalue weighted by Crippen LogP contribution is -2.44. The number of aromatic nitrogens is 1. The van der Waals surface area contributed by atoms with E-state index in [9.17, 15) is 24.8 Å². The molecule has 5 unspecified atom stereocenters. The number of hydrogen-bond acceptors (Lipinski definition) is 7. The predicted molar refractivity (Wildman–Crippen MR) is 128 cm³/mol. The summed E-state index contributed by atoms with van der Waals surface area (Å²) < 4.78 is 0. The first-order chi connectivity index (χ1) is 16.2. The Balaban J connectivity index is 1.37. The van der Waals surface area contributed by atoms with Crippen molar-refractivity contribution < 1.29 is 19.6 Å². The number of rotatable bonds is 5. The van der Waals surface area contributed by atoms with Crippen molar-refractivity contribution in [1.29, 1.82) is 0 Å². The van der Waals surface area contributed by atoms with Crippen molar-refractivity contribution in [2.45, 2.75) is 64.7 Å². The third kappa shape index (κ3) is 3.70. The molecule has 2 N–H and O–H groups in total. The van der Waals surface area contributed by atoms with Gasteiger partial charge in [0.05, 0.1) is 4.92 Å².